The number of benzene rings is 2. The third kappa shape index (κ3) is 5.41. The number of anilines is 2. The summed E-state index contributed by atoms with van der Waals surface area (Å²) in [4.78, 5) is 11.4. The largest absolute Gasteiger partial charge is 0.378 e. The molecule has 128 valence electrons. The molecule has 0 bridgehead atoms. The molecule has 3 nitrogen and oxygen atoms in total. The number of nitrogens with one attached hydrogen (secondary N) is 2. The van der Waals surface area contributed by atoms with Crippen LogP contribution in [0.15, 0.2) is 48.5 Å². The number of rotatable bonds is 5. The molecule has 0 fully saturated rings. The Balaban J connectivity index is 2.27. The minimum absolute atomic E-state index is 0.0513. The number of hydrogen-bond acceptors (Lipinski definition) is 2. The molecule has 0 saturated heterocycles. The van der Waals surface area contributed by atoms with E-state index in [1.54, 1.807) is 0 Å². The molecule has 2 aromatic carbocycles. The van der Waals surface area contributed by atoms with Gasteiger partial charge in [-0.05, 0) is 42.0 Å². The summed E-state index contributed by atoms with van der Waals surface area (Å²) >= 11 is 0. The first kappa shape index (κ1) is 18.1. The molecule has 2 rings (SSSR count). The van der Waals surface area contributed by atoms with E-state index in [1.807, 2.05) is 25.1 Å². The molecule has 0 aliphatic carbocycles. The average Bonchev–Trinajstić information content (AvgIpc) is 2.49. The molecule has 0 radical (unpaired) electrons. The van der Waals surface area contributed by atoms with Gasteiger partial charge in [0.15, 0.2) is 0 Å². The van der Waals surface area contributed by atoms with Crippen molar-refractivity contribution >= 4 is 17.3 Å². The van der Waals surface area contributed by atoms with Crippen LogP contribution in [0.25, 0.3) is 0 Å². The number of carbonyl (C=O) groups is 1. The first-order valence-corrected chi connectivity index (χ1v) is 8.44. The van der Waals surface area contributed by atoms with Crippen molar-refractivity contribution in [2.75, 3.05) is 10.6 Å². The zero-order valence-electron chi connectivity index (χ0n) is 15.3. The molecule has 1 unspecified atom stereocenters. The maximum atomic E-state index is 11.4. The molecule has 24 heavy (non-hydrogen) atoms. The molecule has 0 aliphatic heterocycles. The first-order valence-electron chi connectivity index (χ1n) is 8.44. The van der Waals surface area contributed by atoms with E-state index in [4.69, 9.17) is 0 Å². The lowest BCUT2D eigenvalue weighted by Crippen LogP contribution is -2.19. The molecule has 0 spiro atoms. The normalized spacial score (nSPS) is 12.5. The van der Waals surface area contributed by atoms with Crippen molar-refractivity contribution in [1.82, 2.24) is 0 Å². The van der Waals surface area contributed by atoms with Crippen LogP contribution in [0.4, 0.5) is 11.4 Å². The van der Waals surface area contributed by atoms with E-state index in [0.29, 0.717) is 0 Å². The number of amides is 1. The summed E-state index contributed by atoms with van der Waals surface area (Å²) < 4.78 is 0. The van der Waals surface area contributed by atoms with Gasteiger partial charge in [-0.15, -0.1) is 0 Å². The van der Waals surface area contributed by atoms with Gasteiger partial charge in [0.05, 0.1) is 6.04 Å². The Bertz CT molecular complexity index is 687. The maximum absolute atomic E-state index is 11.4. The monoisotopic (exact) mass is 324 g/mol. The van der Waals surface area contributed by atoms with Crippen LogP contribution in [0, 0.1) is 12.3 Å². The highest BCUT2D eigenvalue weighted by atomic mass is 16.1. The van der Waals surface area contributed by atoms with Gasteiger partial charge < -0.3 is 10.6 Å². The van der Waals surface area contributed by atoms with Gasteiger partial charge in [0.1, 0.15) is 0 Å². The lowest BCUT2D eigenvalue weighted by atomic mass is 9.85. The van der Waals surface area contributed by atoms with Crippen molar-refractivity contribution in [1.29, 1.82) is 0 Å². The van der Waals surface area contributed by atoms with Gasteiger partial charge in [-0.1, -0.05) is 57.2 Å². The molecule has 2 N–H and O–H groups in total. The quantitative estimate of drug-likeness (QED) is 0.758. The van der Waals surface area contributed by atoms with Crippen LogP contribution in [0.3, 0.4) is 0 Å². The molecule has 0 saturated carbocycles. The predicted molar refractivity (Wildman–Crippen MR) is 102 cm³/mol. The fourth-order valence-electron chi connectivity index (χ4n) is 2.79. The van der Waals surface area contributed by atoms with E-state index in [9.17, 15) is 4.79 Å². The van der Waals surface area contributed by atoms with Crippen LogP contribution >= 0.6 is 0 Å². The van der Waals surface area contributed by atoms with E-state index in [2.05, 4.69) is 61.7 Å². The third-order valence-corrected chi connectivity index (χ3v) is 3.91. The summed E-state index contributed by atoms with van der Waals surface area (Å²) in [6.07, 6.45) is 1.01. The van der Waals surface area contributed by atoms with Crippen LogP contribution in [-0.2, 0) is 4.79 Å². The second-order valence-electron chi connectivity index (χ2n) is 7.58. The van der Waals surface area contributed by atoms with Crippen LogP contribution in [0.5, 0.6) is 0 Å². The van der Waals surface area contributed by atoms with Crippen LogP contribution in [0.2, 0.25) is 0 Å². The third-order valence-electron chi connectivity index (χ3n) is 3.91. The fraction of sp³-hybridized carbons (Fsp3) is 0.381. The SMILES string of the molecule is CC(=O)Nc1cc(NC(CC(C)(C)C)c2ccccc2)ccc1C. The highest BCUT2D eigenvalue weighted by Crippen LogP contribution is 2.33. The lowest BCUT2D eigenvalue weighted by molar-refractivity contribution is -0.114. The molecule has 0 heterocycles. The van der Waals surface area contributed by atoms with Gasteiger partial charge in [0, 0.05) is 18.3 Å². The lowest BCUT2D eigenvalue weighted by Gasteiger charge is -2.28. The fourth-order valence-corrected chi connectivity index (χ4v) is 2.79. The summed E-state index contributed by atoms with van der Waals surface area (Å²) in [6, 6.07) is 16.8. The molecular formula is C21H28N2O. The van der Waals surface area contributed by atoms with Gasteiger partial charge in [-0.25, -0.2) is 0 Å². The summed E-state index contributed by atoms with van der Waals surface area (Å²) in [5, 5.41) is 6.54. The summed E-state index contributed by atoms with van der Waals surface area (Å²) in [5.41, 5.74) is 4.41. The van der Waals surface area contributed by atoms with Crippen molar-refractivity contribution in [2.45, 2.75) is 47.1 Å². The van der Waals surface area contributed by atoms with E-state index in [-0.39, 0.29) is 17.4 Å². The van der Waals surface area contributed by atoms with Crippen molar-refractivity contribution in [3.63, 3.8) is 0 Å². The minimum atomic E-state index is -0.0513. The second kappa shape index (κ2) is 7.52. The number of hydrogen-bond donors (Lipinski definition) is 2. The zero-order chi connectivity index (χ0) is 17.7. The van der Waals surface area contributed by atoms with Gasteiger partial charge in [-0.2, -0.15) is 0 Å². The Morgan fingerprint density at radius 1 is 1.08 bits per heavy atom. The van der Waals surface area contributed by atoms with Gasteiger partial charge >= 0.3 is 0 Å². The second-order valence-corrected chi connectivity index (χ2v) is 7.58. The summed E-state index contributed by atoms with van der Waals surface area (Å²) in [7, 11) is 0. The minimum Gasteiger partial charge on any atom is -0.378 e. The van der Waals surface area contributed by atoms with Crippen LogP contribution in [-0.4, -0.2) is 5.91 Å². The molecule has 2 aromatic rings. The molecule has 1 amide bonds. The first-order chi connectivity index (χ1) is 11.2. The van der Waals surface area contributed by atoms with Crippen molar-refractivity contribution in [2.24, 2.45) is 5.41 Å². The molecule has 0 aromatic heterocycles. The van der Waals surface area contributed by atoms with Crippen molar-refractivity contribution in [3.05, 3.63) is 59.7 Å². The maximum Gasteiger partial charge on any atom is 0.221 e. The van der Waals surface area contributed by atoms with Crippen LogP contribution in [0.1, 0.15) is 51.3 Å². The highest BCUT2D eigenvalue weighted by Gasteiger charge is 2.20. The van der Waals surface area contributed by atoms with Crippen LogP contribution < -0.4 is 10.6 Å². The highest BCUT2D eigenvalue weighted by molar-refractivity contribution is 5.90. The Kier molecular flexibility index (Phi) is 5.66. The summed E-state index contributed by atoms with van der Waals surface area (Å²) in [5.74, 6) is -0.0513. The molecule has 3 heteroatoms. The van der Waals surface area contributed by atoms with Gasteiger partial charge in [0.25, 0.3) is 0 Å². The van der Waals surface area contributed by atoms with E-state index >= 15 is 0 Å². The number of carbonyl (C=O) groups excluding carboxylic acids is 1. The smallest absolute Gasteiger partial charge is 0.221 e. The van der Waals surface area contributed by atoms with Crippen molar-refractivity contribution in [3.8, 4) is 0 Å². The Morgan fingerprint density at radius 2 is 1.75 bits per heavy atom. The average molecular weight is 324 g/mol. The van der Waals surface area contributed by atoms with Gasteiger partial charge in [-0.3, -0.25) is 4.79 Å². The Labute approximate surface area is 145 Å². The van der Waals surface area contributed by atoms with E-state index in [0.717, 1.165) is 23.4 Å². The zero-order valence-corrected chi connectivity index (χ0v) is 15.3. The predicted octanol–water partition coefficient (Wildman–Crippen LogP) is 5.54. The molecule has 1 atom stereocenters. The summed E-state index contributed by atoms with van der Waals surface area (Å²) in [6.45, 7) is 10.3. The topological polar surface area (TPSA) is 41.1 Å². The standard InChI is InChI=1S/C21H28N2O/c1-15-11-12-18(13-19(15)22-16(2)24)23-20(14-21(3,4)5)17-9-7-6-8-10-17/h6-13,20,23H,14H2,1-5H3,(H,22,24). The number of aryl methyl sites for hydroxylation is 1. The van der Waals surface area contributed by atoms with Gasteiger partial charge in [0.2, 0.25) is 5.91 Å². The molecular weight excluding hydrogens is 296 g/mol. The van der Waals surface area contributed by atoms with Crippen molar-refractivity contribution < 1.29 is 4.79 Å². The van der Waals surface area contributed by atoms with E-state index in [1.165, 1.54) is 12.5 Å². The van der Waals surface area contributed by atoms with E-state index < -0.39 is 0 Å². The Hall–Kier alpha value is -2.29. The Morgan fingerprint density at radius 3 is 2.33 bits per heavy atom. The molecule has 0 aliphatic rings.